The van der Waals surface area contributed by atoms with Gasteiger partial charge in [0.05, 0.1) is 12.8 Å². The Morgan fingerprint density at radius 1 is 1.32 bits per heavy atom. The van der Waals surface area contributed by atoms with Crippen molar-refractivity contribution in [2.45, 2.75) is 33.6 Å². The van der Waals surface area contributed by atoms with E-state index in [-0.39, 0.29) is 5.41 Å². The lowest BCUT2D eigenvalue weighted by Crippen LogP contribution is -2.36. The summed E-state index contributed by atoms with van der Waals surface area (Å²) in [7, 11) is 3.81. The fourth-order valence-corrected chi connectivity index (χ4v) is 2.16. The first-order valence-corrected chi connectivity index (χ1v) is 6.90. The van der Waals surface area contributed by atoms with Gasteiger partial charge in [0.1, 0.15) is 5.75 Å². The van der Waals surface area contributed by atoms with Gasteiger partial charge in [-0.2, -0.15) is 0 Å². The molecule has 108 valence electrons. The van der Waals surface area contributed by atoms with Gasteiger partial charge in [-0.1, -0.05) is 33.8 Å². The Morgan fingerprint density at radius 2 is 1.95 bits per heavy atom. The summed E-state index contributed by atoms with van der Waals surface area (Å²) in [6.07, 6.45) is 0. The molecule has 0 aromatic heterocycles. The largest absolute Gasteiger partial charge is 0.495 e. The molecule has 0 saturated heterocycles. The second kappa shape index (κ2) is 6.29. The van der Waals surface area contributed by atoms with Gasteiger partial charge in [-0.25, -0.2) is 0 Å². The molecule has 0 aliphatic carbocycles. The number of ether oxygens (including phenoxy) is 1. The molecule has 0 fully saturated rings. The molecule has 0 saturated carbocycles. The van der Waals surface area contributed by atoms with Crippen molar-refractivity contribution in [1.29, 1.82) is 0 Å². The molecule has 2 N–H and O–H groups in total. The number of nitrogens with zero attached hydrogens (tertiary/aromatic N) is 1. The quantitative estimate of drug-likeness (QED) is 0.857. The SMILES string of the molecule is COc1ccc(C(C)C)cc1N(C)CC(C)(C)CN. The maximum atomic E-state index is 5.82. The van der Waals surface area contributed by atoms with E-state index >= 15 is 0 Å². The highest BCUT2D eigenvalue weighted by Gasteiger charge is 2.20. The maximum absolute atomic E-state index is 5.82. The lowest BCUT2D eigenvalue weighted by atomic mass is 9.93. The Bertz CT molecular complexity index is 413. The molecule has 0 spiro atoms. The number of hydrogen-bond acceptors (Lipinski definition) is 3. The van der Waals surface area contributed by atoms with E-state index < -0.39 is 0 Å². The van der Waals surface area contributed by atoms with Crippen LogP contribution in [0.15, 0.2) is 18.2 Å². The third kappa shape index (κ3) is 4.13. The lowest BCUT2D eigenvalue weighted by molar-refractivity contribution is 0.379. The molecular formula is C16H28N2O. The zero-order valence-corrected chi connectivity index (χ0v) is 13.2. The maximum Gasteiger partial charge on any atom is 0.142 e. The van der Waals surface area contributed by atoms with Gasteiger partial charge in [-0.3, -0.25) is 0 Å². The van der Waals surface area contributed by atoms with Crippen LogP contribution in [0.5, 0.6) is 5.75 Å². The molecular weight excluding hydrogens is 236 g/mol. The van der Waals surface area contributed by atoms with Crippen LogP contribution in [-0.4, -0.2) is 27.2 Å². The van der Waals surface area contributed by atoms with Crippen molar-refractivity contribution < 1.29 is 4.74 Å². The number of nitrogens with two attached hydrogens (primary N) is 1. The average molecular weight is 264 g/mol. The van der Waals surface area contributed by atoms with Crippen LogP contribution >= 0.6 is 0 Å². The third-order valence-corrected chi connectivity index (χ3v) is 3.50. The van der Waals surface area contributed by atoms with Crippen LogP contribution in [0.4, 0.5) is 5.69 Å². The number of benzene rings is 1. The van der Waals surface area contributed by atoms with Crippen LogP contribution < -0.4 is 15.4 Å². The van der Waals surface area contributed by atoms with Gasteiger partial charge >= 0.3 is 0 Å². The molecule has 0 aliphatic heterocycles. The molecule has 1 aromatic rings. The second-order valence-electron chi connectivity index (χ2n) is 6.31. The predicted molar refractivity (Wildman–Crippen MR) is 83.2 cm³/mol. The molecule has 0 atom stereocenters. The smallest absolute Gasteiger partial charge is 0.142 e. The summed E-state index contributed by atoms with van der Waals surface area (Å²) in [5.41, 5.74) is 8.38. The molecule has 0 amide bonds. The van der Waals surface area contributed by atoms with E-state index in [1.807, 2.05) is 0 Å². The van der Waals surface area contributed by atoms with E-state index in [4.69, 9.17) is 10.5 Å². The second-order valence-corrected chi connectivity index (χ2v) is 6.31. The summed E-state index contributed by atoms with van der Waals surface area (Å²) in [5.74, 6) is 1.43. The Balaban J connectivity index is 3.05. The minimum atomic E-state index is 0.0909. The first kappa shape index (κ1) is 15.8. The number of hydrogen-bond donors (Lipinski definition) is 1. The first-order chi connectivity index (χ1) is 8.80. The summed E-state index contributed by atoms with van der Waals surface area (Å²) >= 11 is 0. The van der Waals surface area contributed by atoms with Gasteiger partial charge in [0.2, 0.25) is 0 Å². The van der Waals surface area contributed by atoms with E-state index in [0.29, 0.717) is 12.5 Å². The van der Waals surface area contributed by atoms with Crippen molar-refractivity contribution in [2.75, 3.05) is 32.1 Å². The molecule has 0 aliphatic rings. The van der Waals surface area contributed by atoms with E-state index in [1.54, 1.807) is 7.11 Å². The summed E-state index contributed by atoms with van der Waals surface area (Å²) in [6, 6.07) is 6.40. The van der Waals surface area contributed by atoms with Crippen LogP contribution in [0.2, 0.25) is 0 Å². The topological polar surface area (TPSA) is 38.5 Å². The zero-order chi connectivity index (χ0) is 14.6. The minimum Gasteiger partial charge on any atom is -0.495 e. The number of methoxy groups -OCH3 is 1. The highest BCUT2D eigenvalue weighted by atomic mass is 16.5. The van der Waals surface area contributed by atoms with Gasteiger partial charge in [-0.05, 0) is 35.6 Å². The van der Waals surface area contributed by atoms with Crippen molar-refractivity contribution in [3.8, 4) is 5.75 Å². The third-order valence-electron chi connectivity index (χ3n) is 3.50. The van der Waals surface area contributed by atoms with Crippen LogP contribution in [0, 0.1) is 5.41 Å². The normalized spacial score (nSPS) is 11.8. The average Bonchev–Trinajstić information content (AvgIpc) is 2.37. The van der Waals surface area contributed by atoms with Gasteiger partial charge in [0.25, 0.3) is 0 Å². The summed E-state index contributed by atoms with van der Waals surface area (Å²) in [4.78, 5) is 2.23. The van der Waals surface area contributed by atoms with E-state index in [9.17, 15) is 0 Å². The summed E-state index contributed by atoms with van der Waals surface area (Å²) < 4.78 is 5.48. The fraction of sp³-hybridized carbons (Fsp3) is 0.625. The van der Waals surface area contributed by atoms with Gasteiger partial charge in [0, 0.05) is 13.6 Å². The molecule has 0 bridgehead atoms. The Hall–Kier alpha value is -1.22. The first-order valence-electron chi connectivity index (χ1n) is 6.90. The molecule has 0 heterocycles. The zero-order valence-electron chi connectivity index (χ0n) is 13.2. The van der Waals surface area contributed by atoms with Crippen molar-refractivity contribution in [2.24, 2.45) is 11.1 Å². The Morgan fingerprint density at radius 3 is 2.42 bits per heavy atom. The van der Waals surface area contributed by atoms with Crippen molar-refractivity contribution >= 4 is 5.69 Å². The van der Waals surface area contributed by atoms with E-state index in [0.717, 1.165) is 18.0 Å². The standard InChI is InChI=1S/C16H28N2O/c1-12(2)13-7-8-15(19-6)14(9-13)18(5)11-16(3,4)10-17/h7-9,12H,10-11,17H2,1-6H3. The number of anilines is 1. The van der Waals surface area contributed by atoms with Crippen LogP contribution in [0.1, 0.15) is 39.2 Å². The molecule has 1 aromatic carbocycles. The van der Waals surface area contributed by atoms with Crippen molar-refractivity contribution in [3.63, 3.8) is 0 Å². The van der Waals surface area contributed by atoms with Gasteiger partial charge in [-0.15, -0.1) is 0 Å². The van der Waals surface area contributed by atoms with Crippen molar-refractivity contribution in [1.82, 2.24) is 0 Å². The van der Waals surface area contributed by atoms with Crippen molar-refractivity contribution in [3.05, 3.63) is 23.8 Å². The number of rotatable bonds is 6. The predicted octanol–water partition coefficient (Wildman–Crippen LogP) is 3.24. The molecule has 19 heavy (non-hydrogen) atoms. The summed E-state index contributed by atoms with van der Waals surface area (Å²) in [5, 5.41) is 0. The molecule has 3 heteroatoms. The van der Waals surface area contributed by atoms with Gasteiger partial charge in [0.15, 0.2) is 0 Å². The molecule has 3 nitrogen and oxygen atoms in total. The highest BCUT2D eigenvalue weighted by molar-refractivity contribution is 5.60. The fourth-order valence-electron chi connectivity index (χ4n) is 2.16. The van der Waals surface area contributed by atoms with E-state index in [1.165, 1.54) is 5.56 Å². The van der Waals surface area contributed by atoms with Crippen LogP contribution in [0.25, 0.3) is 0 Å². The molecule has 0 unspecified atom stereocenters. The Kier molecular flexibility index (Phi) is 5.24. The Labute approximate surface area is 117 Å². The van der Waals surface area contributed by atoms with Gasteiger partial charge < -0.3 is 15.4 Å². The van der Waals surface area contributed by atoms with E-state index in [2.05, 4.69) is 57.8 Å². The van der Waals surface area contributed by atoms with Crippen LogP contribution in [0.3, 0.4) is 0 Å². The molecule has 1 rings (SSSR count). The monoisotopic (exact) mass is 264 g/mol. The highest BCUT2D eigenvalue weighted by Crippen LogP contribution is 2.32. The van der Waals surface area contributed by atoms with Crippen LogP contribution in [-0.2, 0) is 0 Å². The lowest BCUT2D eigenvalue weighted by Gasteiger charge is -2.31. The molecule has 0 radical (unpaired) electrons. The summed E-state index contributed by atoms with van der Waals surface area (Å²) in [6.45, 7) is 10.3. The minimum absolute atomic E-state index is 0.0909.